The van der Waals surface area contributed by atoms with Crippen molar-refractivity contribution in [3.05, 3.63) is 0 Å². The minimum atomic E-state index is -5.08. The Morgan fingerprint density at radius 1 is 1.04 bits per heavy atom. The van der Waals surface area contributed by atoms with Crippen molar-refractivity contribution in [2.45, 2.75) is 39.3 Å². The Morgan fingerprint density at radius 3 is 1.88 bits per heavy atom. The molecule has 0 aliphatic heterocycles. The van der Waals surface area contributed by atoms with Gasteiger partial charge >= 0.3 is 18.1 Å². The van der Waals surface area contributed by atoms with Gasteiger partial charge in [0.25, 0.3) is 0 Å². The van der Waals surface area contributed by atoms with E-state index in [0.29, 0.717) is 12.3 Å². The highest BCUT2D eigenvalue weighted by atomic mass is 33.1. The highest BCUT2D eigenvalue weighted by Gasteiger charge is 2.38. The summed E-state index contributed by atoms with van der Waals surface area (Å²) in [5, 5.41) is 18.4. The fraction of sp³-hybridized carbons (Fsp3) is 0.769. The summed E-state index contributed by atoms with van der Waals surface area (Å²) in [7, 11) is 3.14. The number of hydrogen-bond donors (Lipinski definition) is 3. The van der Waals surface area contributed by atoms with E-state index in [0.717, 1.165) is 18.6 Å². The van der Waals surface area contributed by atoms with Gasteiger partial charge in [-0.2, -0.15) is 13.2 Å². The van der Waals surface area contributed by atoms with Gasteiger partial charge in [-0.1, -0.05) is 35.4 Å². The van der Waals surface area contributed by atoms with Gasteiger partial charge in [0.1, 0.15) is 0 Å². The van der Waals surface area contributed by atoms with E-state index in [-0.39, 0.29) is 18.2 Å². The molecule has 142 valence electrons. The van der Waals surface area contributed by atoms with Gasteiger partial charge in [-0.3, -0.25) is 9.59 Å². The monoisotopic (exact) mass is 393 g/mol. The van der Waals surface area contributed by atoms with E-state index in [1.54, 1.807) is 10.8 Å². The zero-order chi connectivity index (χ0) is 19.2. The number of carbonyl (C=O) groups excluding carboxylic acids is 1. The van der Waals surface area contributed by atoms with Gasteiger partial charge < -0.3 is 15.5 Å². The van der Waals surface area contributed by atoms with Crippen LogP contribution < -0.4 is 5.32 Å². The molecule has 0 radical (unpaired) electrons. The van der Waals surface area contributed by atoms with Crippen LogP contribution in [-0.2, 0) is 14.4 Å². The molecule has 24 heavy (non-hydrogen) atoms. The third-order valence-electron chi connectivity index (χ3n) is 2.57. The number of carbonyl (C=O) groups is 3. The second-order valence-electron chi connectivity index (χ2n) is 4.40. The summed E-state index contributed by atoms with van der Waals surface area (Å²) in [4.78, 5) is 30.7. The summed E-state index contributed by atoms with van der Waals surface area (Å²) in [6.45, 7) is 4.69. The maximum Gasteiger partial charge on any atom is 0.490 e. The first kappa shape index (κ1) is 25.1. The molecule has 0 aliphatic rings. The van der Waals surface area contributed by atoms with Crippen molar-refractivity contribution < 1.29 is 37.8 Å². The summed E-state index contributed by atoms with van der Waals surface area (Å²) < 4.78 is 31.7. The molecule has 0 fully saturated rings. The Bertz CT molecular complexity index is 390. The van der Waals surface area contributed by atoms with Gasteiger partial charge in [-0.05, 0) is 12.8 Å². The molecular weight excluding hydrogens is 371 g/mol. The standard InChI is InChI=1S/C11H21NO3S2.C2HF3O2/c1-3-9(4-2)11(15)12-6-8-17-16-7-5-10(13)14;3-2(4,5)1(6)7/h9H,3-8H2,1-2H3,(H,12,15)(H,13,14);(H,6,7). The van der Waals surface area contributed by atoms with E-state index in [4.69, 9.17) is 15.0 Å². The second-order valence-corrected chi connectivity index (χ2v) is 7.10. The molecule has 3 N–H and O–H groups in total. The molecule has 0 bridgehead atoms. The van der Waals surface area contributed by atoms with Gasteiger partial charge in [-0.25, -0.2) is 4.79 Å². The molecule has 1 amide bonds. The van der Waals surface area contributed by atoms with Gasteiger partial charge in [0, 0.05) is 24.0 Å². The van der Waals surface area contributed by atoms with Crippen LogP contribution in [0, 0.1) is 5.92 Å². The number of hydrogen-bond acceptors (Lipinski definition) is 5. The maximum atomic E-state index is 11.6. The fourth-order valence-corrected chi connectivity index (χ4v) is 3.15. The summed E-state index contributed by atoms with van der Waals surface area (Å²) in [5.41, 5.74) is 0. The molecular formula is C13H22F3NO5S2. The van der Waals surface area contributed by atoms with Crippen LogP contribution in [-0.4, -0.2) is 52.3 Å². The number of carboxylic acid groups (broad SMARTS) is 2. The Hall–Kier alpha value is -1.10. The molecule has 6 nitrogen and oxygen atoms in total. The Kier molecular flexibility index (Phi) is 14.9. The number of nitrogens with one attached hydrogen (secondary N) is 1. The smallest absolute Gasteiger partial charge is 0.481 e. The molecule has 0 aromatic heterocycles. The summed E-state index contributed by atoms with van der Waals surface area (Å²) in [6.07, 6.45) is -3.14. The van der Waals surface area contributed by atoms with E-state index < -0.39 is 18.1 Å². The Balaban J connectivity index is 0. The zero-order valence-corrected chi connectivity index (χ0v) is 15.0. The summed E-state index contributed by atoms with van der Waals surface area (Å²) in [5.74, 6) is -1.84. The molecule has 0 aromatic rings. The number of rotatable bonds is 10. The number of carboxylic acids is 2. The Labute approximate surface area is 146 Å². The molecule has 0 aliphatic carbocycles. The zero-order valence-electron chi connectivity index (χ0n) is 13.4. The molecule has 0 aromatic carbocycles. The highest BCUT2D eigenvalue weighted by molar-refractivity contribution is 8.76. The first-order valence-corrected chi connectivity index (χ1v) is 9.59. The van der Waals surface area contributed by atoms with E-state index in [2.05, 4.69) is 5.32 Å². The average Bonchev–Trinajstić information content (AvgIpc) is 2.46. The highest BCUT2D eigenvalue weighted by Crippen LogP contribution is 2.21. The minimum Gasteiger partial charge on any atom is -0.481 e. The summed E-state index contributed by atoms with van der Waals surface area (Å²) in [6, 6.07) is 0. The van der Waals surface area contributed by atoms with Crippen LogP contribution in [0.1, 0.15) is 33.1 Å². The topological polar surface area (TPSA) is 104 Å². The average molecular weight is 393 g/mol. The van der Waals surface area contributed by atoms with Crippen molar-refractivity contribution in [2.75, 3.05) is 18.1 Å². The van der Waals surface area contributed by atoms with E-state index in [1.807, 2.05) is 13.8 Å². The number of amides is 1. The molecule has 11 heteroatoms. The van der Waals surface area contributed by atoms with E-state index in [9.17, 15) is 22.8 Å². The van der Waals surface area contributed by atoms with Crippen LogP contribution in [0.2, 0.25) is 0 Å². The molecule has 0 atom stereocenters. The van der Waals surface area contributed by atoms with Crippen molar-refractivity contribution in [1.82, 2.24) is 5.32 Å². The fourth-order valence-electron chi connectivity index (χ4n) is 1.27. The first-order chi connectivity index (χ1) is 11.1. The van der Waals surface area contributed by atoms with Crippen LogP contribution in [0.15, 0.2) is 0 Å². The van der Waals surface area contributed by atoms with E-state index >= 15 is 0 Å². The Morgan fingerprint density at radius 2 is 1.50 bits per heavy atom. The predicted molar refractivity (Wildman–Crippen MR) is 87.9 cm³/mol. The largest absolute Gasteiger partial charge is 0.490 e. The van der Waals surface area contributed by atoms with Crippen molar-refractivity contribution in [2.24, 2.45) is 5.92 Å². The van der Waals surface area contributed by atoms with Crippen LogP contribution in [0.5, 0.6) is 0 Å². The molecule has 0 spiro atoms. The third kappa shape index (κ3) is 15.8. The molecule has 0 heterocycles. The molecule has 0 saturated heterocycles. The van der Waals surface area contributed by atoms with Gasteiger partial charge in [0.05, 0.1) is 6.42 Å². The minimum absolute atomic E-state index is 0.125. The van der Waals surface area contributed by atoms with Crippen LogP contribution in [0.4, 0.5) is 13.2 Å². The molecule has 0 unspecified atom stereocenters. The quantitative estimate of drug-likeness (QED) is 0.387. The van der Waals surface area contributed by atoms with Crippen molar-refractivity contribution in [3.8, 4) is 0 Å². The third-order valence-corrected chi connectivity index (χ3v) is 4.97. The van der Waals surface area contributed by atoms with Crippen molar-refractivity contribution >= 4 is 39.4 Å². The van der Waals surface area contributed by atoms with Crippen molar-refractivity contribution in [3.63, 3.8) is 0 Å². The predicted octanol–water partition coefficient (Wildman–Crippen LogP) is 3.03. The number of alkyl halides is 3. The van der Waals surface area contributed by atoms with E-state index in [1.165, 1.54) is 10.8 Å². The molecule has 0 saturated carbocycles. The SMILES string of the molecule is CCC(CC)C(=O)NCCSSCCC(=O)O.O=C(O)C(F)(F)F. The van der Waals surface area contributed by atoms with Crippen LogP contribution in [0.25, 0.3) is 0 Å². The van der Waals surface area contributed by atoms with Crippen LogP contribution >= 0.6 is 21.6 Å². The van der Waals surface area contributed by atoms with Crippen molar-refractivity contribution in [1.29, 1.82) is 0 Å². The lowest BCUT2D eigenvalue weighted by Crippen LogP contribution is -2.31. The van der Waals surface area contributed by atoms with Crippen LogP contribution in [0.3, 0.4) is 0 Å². The lowest BCUT2D eigenvalue weighted by molar-refractivity contribution is -0.192. The maximum absolute atomic E-state index is 11.6. The normalized spacial score (nSPS) is 10.8. The summed E-state index contributed by atoms with van der Waals surface area (Å²) >= 11 is 0. The lowest BCUT2D eigenvalue weighted by Gasteiger charge is -2.12. The first-order valence-electron chi connectivity index (χ1n) is 7.10. The number of aliphatic carboxylic acids is 2. The molecule has 0 rings (SSSR count). The lowest BCUT2D eigenvalue weighted by atomic mass is 10.0. The van der Waals surface area contributed by atoms with Gasteiger partial charge in [0.15, 0.2) is 0 Å². The van der Waals surface area contributed by atoms with Gasteiger partial charge in [-0.15, -0.1) is 0 Å². The number of halogens is 3. The van der Waals surface area contributed by atoms with Gasteiger partial charge in [0.2, 0.25) is 5.91 Å². The second kappa shape index (κ2) is 14.3.